The topological polar surface area (TPSA) is 102 Å². The van der Waals surface area contributed by atoms with Crippen molar-refractivity contribution < 1.29 is 9.90 Å². The van der Waals surface area contributed by atoms with Crippen molar-refractivity contribution in [3.05, 3.63) is 6.92 Å². The van der Waals surface area contributed by atoms with Crippen LogP contribution in [0.4, 0.5) is 0 Å². The van der Waals surface area contributed by atoms with Crippen LogP contribution in [-0.2, 0) is 4.79 Å². The number of hydrogen-bond donors (Lipinski definition) is 3. The van der Waals surface area contributed by atoms with Crippen molar-refractivity contribution in [1.82, 2.24) is 0 Å². The van der Waals surface area contributed by atoms with Gasteiger partial charge in [-0.1, -0.05) is 0 Å². The Morgan fingerprint density at radius 1 is 1.67 bits per heavy atom. The molecule has 0 aliphatic rings. The van der Waals surface area contributed by atoms with E-state index in [1.165, 1.54) is 0 Å². The zero-order valence-electron chi connectivity index (χ0n) is 6.86. The quantitative estimate of drug-likeness (QED) is 0.222. The highest BCUT2D eigenvalue weighted by atomic mass is 16.4. The van der Waals surface area contributed by atoms with Gasteiger partial charge in [0.15, 0.2) is 0 Å². The summed E-state index contributed by atoms with van der Waals surface area (Å²) < 4.78 is 0. The first-order valence-corrected chi connectivity index (χ1v) is 3.64. The second-order valence-electron chi connectivity index (χ2n) is 2.46. The van der Waals surface area contributed by atoms with E-state index < -0.39 is 12.0 Å². The molecule has 5 heteroatoms. The molecule has 0 radical (unpaired) electrons. The van der Waals surface area contributed by atoms with E-state index in [1.807, 2.05) is 0 Å². The Bertz CT molecular complexity index is 175. The molecule has 0 aliphatic carbocycles. The van der Waals surface area contributed by atoms with Crippen molar-refractivity contribution in [2.45, 2.75) is 18.9 Å². The number of nitrogens with two attached hydrogens (primary N) is 2. The first kappa shape index (κ1) is 10.8. The third-order valence-corrected chi connectivity index (χ3v) is 1.31. The third kappa shape index (κ3) is 5.55. The molecule has 0 saturated heterocycles. The van der Waals surface area contributed by atoms with Crippen LogP contribution in [-0.4, -0.2) is 29.5 Å². The molecule has 0 spiro atoms. The molecule has 0 saturated carbocycles. The normalized spacial score (nSPS) is 14.2. The van der Waals surface area contributed by atoms with E-state index >= 15 is 0 Å². The highest BCUT2D eigenvalue weighted by molar-refractivity contribution is 5.84. The summed E-state index contributed by atoms with van der Waals surface area (Å²) in [6.45, 7) is 3.85. The van der Waals surface area contributed by atoms with E-state index in [2.05, 4.69) is 11.9 Å². The first-order valence-electron chi connectivity index (χ1n) is 3.64. The summed E-state index contributed by atoms with van der Waals surface area (Å²) in [7, 11) is 0. The van der Waals surface area contributed by atoms with Crippen LogP contribution in [0.25, 0.3) is 0 Å². The number of nitrogens with zero attached hydrogens (tertiary/aromatic N) is 1. The van der Waals surface area contributed by atoms with Crippen molar-refractivity contribution in [2.24, 2.45) is 16.5 Å². The molecule has 0 rings (SSSR count). The van der Waals surface area contributed by atoms with Crippen molar-refractivity contribution in [1.29, 1.82) is 0 Å². The Labute approximate surface area is 71.5 Å². The Morgan fingerprint density at radius 3 is 2.67 bits per heavy atom. The van der Waals surface area contributed by atoms with E-state index in [0.29, 0.717) is 19.4 Å². The zero-order chi connectivity index (χ0) is 9.56. The largest absolute Gasteiger partial charge is 0.480 e. The summed E-state index contributed by atoms with van der Waals surface area (Å²) in [6, 6.07) is -0.800. The highest BCUT2D eigenvalue weighted by Gasteiger charge is 2.09. The molecular formula is C7H14N3O2+. The Morgan fingerprint density at radius 2 is 2.25 bits per heavy atom. The summed E-state index contributed by atoms with van der Waals surface area (Å²) in [5.41, 5.74) is 10.4. The van der Waals surface area contributed by atoms with Gasteiger partial charge in [-0.05, 0) is 12.8 Å². The lowest BCUT2D eigenvalue weighted by Gasteiger charge is -2.02. The van der Waals surface area contributed by atoms with Gasteiger partial charge in [0.25, 0.3) is 5.84 Å². The molecule has 5 nitrogen and oxygen atoms in total. The maximum atomic E-state index is 10.2. The molecule has 5 N–H and O–H groups in total. The Kier molecular flexibility index (Phi) is 4.87. The van der Waals surface area contributed by atoms with Gasteiger partial charge in [0.05, 0.1) is 0 Å². The van der Waals surface area contributed by atoms with E-state index in [0.717, 1.165) is 0 Å². The molecular weight excluding hydrogens is 158 g/mol. The number of rotatable bonds is 5. The van der Waals surface area contributed by atoms with Crippen LogP contribution in [0.15, 0.2) is 4.99 Å². The van der Waals surface area contributed by atoms with Crippen LogP contribution in [0.3, 0.4) is 0 Å². The molecule has 0 aromatic rings. The fourth-order valence-corrected chi connectivity index (χ4v) is 0.657. The fraction of sp³-hybridized carbons (Fsp3) is 0.571. The number of amidine groups is 1. The minimum Gasteiger partial charge on any atom is -0.480 e. The minimum atomic E-state index is -0.985. The lowest BCUT2D eigenvalue weighted by molar-refractivity contribution is -0.138. The van der Waals surface area contributed by atoms with Gasteiger partial charge in [0.1, 0.15) is 13.0 Å². The molecule has 1 unspecified atom stereocenters. The summed E-state index contributed by atoms with van der Waals surface area (Å²) in [5.74, 6) is -0.722. The second-order valence-corrected chi connectivity index (χ2v) is 2.46. The fourth-order valence-electron chi connectivity index (χ4n) is 0.657. The number of carboxylic acid groups (broad SMARTS) is 1. The summed E-state index contributed by atoms with van der Waals surface area (Å²) in [6.07, 6.45) is 1.02. The molecule has 0 aromatic carbocycles. The van der Waals surface area contributed by atoms with Gasteiger partial charge in [0, 0.05) is 6.54 Å². The second kappa shape index (κ2) is 5.42. The Balaban J connectivity index is 3.44. The standard InChI is InChI=1S/C7H13N3O2/c1-5(8)10-4-2-3-6(9)7(11)12/h6H,1-4,9H2,(H2-,8,10,11,12)/p+1. The third-order valence-electron chi connectivity index (χ3n) is 1.31. The molecule has 0 aromatic heterocycles. The van der Waals surface area contributed by atoms with Crippen LogP contribution in [0.5, 0.6) is 0 Å². The summed E-state index contributed by atoms with van der Waals surface area (Å²) in [4.78, 5) is 14.0. The zero-order valence-corrected chi connectivity index (χ0v) is 6.86. The van der Waals surface area contributed by atoms with Crippen LogP contribution in [0.1, 0.15) is 12.8 Å². The van der Waals surface area contributed by atoms with Crippen LogP contribution >= 0.6 is 0 Å². The molecule has 0 amide bonds. The predicted octanol–water partition coefficient (Wildman–Crippen LogP) is -0.630. The van der Waals surface area contributed by atoms with E-state index in [9.17, 15) is 4.79 Å². The molecule has 68 valence electrons. The number of carboxylic acids is 1. The maximum absolute atomic E-state index is 10.2. The Hall–Kier alpha value is -1.23. The monoisotopic (exact) mass is 172 g/mol. The lowest BCUT2D eigenvalue weighted by Crippen LogP contribution is -2.30. The van der Waals surface area contributed by atoms with E-state index in [1.54, 1.807) is 0 Å². The van der Waals surface area contributed by atoms with Crippen molar-refractivity contribution in [2.75, 3.05) is 6.54 Å². The SMILES string of the molecule is [CH2+]C(N)=NCCCC(N)C(=O)O. The van der Waals surface area contributed by atoms with Crippen molar-refractivity contribution >= 4 is 11.8 Å². The maximum Gasteiger partial charge on any atom is 0.320 e. The number of aliphatic carboxylic acids is 1. The van der Waals surface area contributed by atoms with Gasteiger partial charge in [-0.25, -0.2) is 4.99 Å². The average molecular weight is 172 g/mol. The van der Waals surface area contributed by atoms with Gasteiger partial charge in [-0.3, -0.25) is 4.79 Å². The molecule has 12 heavy (non-hydrogen) atoms. The number of hydrogen-bond acceptors (Lipinski definition) is 3. The highest BCUT2D eigenvalue weighted by Crippen LogP contribution is 1.94. The molecule has 1 atom stereocenters. The van der Waals surface area contributed by atoms with Crippen LogP contribution in [0, 0.1) is 6.92 Å². The number of aliphatic imine (C=N–C) groups is 1. The molecule has 0 aliphatic heterocycles. The lowest BCUT2D eigenvalue weighted by atomic mass is 10.2. The van der Waals surface area contributed by atoms with E-state index in [4.69, 9.17) is 16.6 Å². The number of carbonyl (C=O) groups is 1. The van der Waals surface area contributed by atoms with Gasteiger partial charge in [-0.2, -0.15) is 0 Å². The predicted molar refractivity (Wildman–Crippen MR) is 46.7 cm³/mol. The van der Waals surface area contributed by atoms with Gasteiger partial charge in [-0.15, -0.1) is 0 Å². The van der Waals surface area contributed by atoms with Gasteiger partial charge >= 0.3 is 5.97 Å². The van der Waals surface area contributed by atoms with Crippen LogP contribution in [0.2, 0.25) is 0 Å². The van der Waals surface area contributed by atoms with Crippen molar-refractivity contribution in [3.8, 4) is 0 Å². The summed E-state index contributed by atoms with van der Waals surface area (Å²) >= 11 is 0. The smallest absolute Gasteiger partial charge is 0.320 e. The molecule has 0 fully saturated rings. The van der Waals surface area contributed by atoms with Crippen LogP contribution < -0.4 is 11.5 Å². The average Bonchev–Trinajstić information content (AvgIpc) is 1.97. The first-order chi connectivity index (χ1) is 5.54. The minimum absolute atomic E-state index is 0.263. The van der Waals surface area contributed by atoms with E-state index in [-0.39, 0.29) is 5.84 Å². The summed E-state index contributed by atoms with van der Waals surface area (Å²) in [5, 5.41) is 8.39. The molecule has 0 bridgehead atoms. The van der Waals surface area contributed by atoms with Gasteiger partial charge < -0.3 is 16.6 Å². The van der Waals surface area contributed by atoms with Gasteiger partial charge in [0.2, 0.25) is 0 Å². The van der Waals surface area contributed by atoms with Crippen molar-refractivity contribution in [3.63, 3.8) is 0 Å². The molecule has 0 heterocycles.